The van der Waals surface area contributed by atoms with Crippen molar-refractivity contribution in [2.24, 2.45) is 36.6 Å². The molecule has 0 radical (unpaired) electrons. The average molecular weight is 274 g/mol. The van der Waals surface area contributed by atoms with Crippen LogP contribution in [0.4, 0.5) is 0 Å². The molecule has 20 heavy (non-hydrogen) atoms. The van der Waals surface area contributed by atoms with E-state index < -0.39 is 0 Å². The van der Waals surface area contributed by atoms with Gasteiger partial charge in [-0.2, -0.15) is 5.10 Å². The zero-order chi connectivity index (χ0) is 13.7. The number of nitrogens with one attached hydrogen (secondary N) is 1. The molecule has 3 fully saturated rings. The number of rotatable bonds is 6. The molecule has 2 bridgehead atoms. The number of aryl methyl sites for hydroxylation is 1. The second-order valence-electron chi connectivity index (χ2n) is 7.13. The first-order valence-electron chi connectivity index (χ1n) is 8.35. The van der Waals surface area contributed by atoms with Crippen molar-refractivity contribution in [1.29, 1.82) is 0 Å². The molecule has 4 nitrogen and oxygen atoms in total. The van der Waals surface area contributed by atoms with Crippen molar-refractivity contribution in [3.63, 3.8) is 0 Å². The molecule has 1 aromatic heterocycles. The Morgan fingerprint density at radius 3 is 2.70 bits per heavy atom. The second-order valence-corrected chi connectivity index (χ2v) is 7.13. The highest BCUT2D eigenvalue weighted by molar-refractivity contribution is 5.16. The van der Waals surface area contributed by atoms with Crippen LogP contribution in [0, 0.1) is 29.6 Å². The van der Waals surface area contributed by atoms with Gasteiger partial charge in [0.1, 0.15) is 12.2 Å². The molecular formula is C16H26N4. The minimum atomic E-state index is 0.622. The maximum absolute atomic E-state index is 4.43. The molecule has 5 atom stereocenters. The quantitative estimate of drug-likeness (QED) is 0.863. The molecule has 0 aliphatic heterocycles. The van der Waals surface area contributed by atoms with Crippen LogP contribution in [0.2, 0.25) is 0 Å². The predicted molar refractivity (Wildman–Crippen MR) is 78.1 cm³/mol. The Bertz CT molecular complexity index is 467. The number of nitrogens with zero attached hydrogens (tertiary/aromatic N) is 3. The fourth-order valence-electron chi connectivity index (χ4n) is 5.31. The monoisotopic (exact) mass is 274 g/mol. The highest BCUT2D eigenvalue weighted by Crippen LogP contribution is 2.70. The summed E-state index contributed by atoms with van der Waals surface area (Å²) >= 11 is 0. The summed E-state index contributed by atoms with van der Waals surface area (Å²) in [5.74, 6) is 6.24. The number of hydrogen-bond acceptors (Lipinski definition) is 3. The van der Waals surface area contributed by atoms with Crippen LogP contribution >= 0.6 is 0 Å². The van der Waals surface area contributed by atoms with E-state index >= 15 is 0 Å². The normalized spacial score (nSPS) is 39.0. The first-order chi connectivity index (χ1) is 9.79. The van der Waals surface area contributed by atoms with Gasteiger partial charge in [0, 0.05) is 19.5 Å². The van der Waals surface area contributed by atoms with Crippen LogP contribution in [0.5, 0.6) is 0 Å². The van der Waals surface area contributed by atoms with Gasteiger partial charge in [-0.3, -0.25) is 4.68 Å². The maximum atomic E-state index is 4.43. The molecule has 0 amide bonds. The van der Waals surface area contributed by atoms with E-state index in [1.165, 1.54) is 25.7 Å². The Balaban J connectivity index is 1.48. The van der Waals surface area contributed by atoms with Gasteiger partial charge in [0.15, 0.2) is 0 Å². The van der Waals surface area contributed by atoms with Crippen LogP contribution in [0.15, 0.2) is 6.33 Å². The lowest BCUT2D eigenvalue weighted by Crippen LogP contribution is -2.36. The van der Waals surface area contributed by atoms with E-state index in [-0.39, 0.29) is 0 Å². The van der Waals surface area contributed by atoms with Gasteiger partial charge < -0.3 is 5.32 Å². The van der Waals surface area contributed by atoms with Crippen LogP contribution in [-0.4, -0.2) is 27.4 Å². The van der Waals surface area contributed by atoms with E-state index in [0.29, 0.717) is 6.04 Å². The molecule has 3 aliphatic rings. The molecule has 5 unspecified atom stereocenters. The van der Waals surface area contributed by atoms with Crippen LogP contribution in [0.3, 0.4) is 0 Å². The summed E-state index contributed by atoms with van der Waals surface area (Å²) in [5, 5.41) is 8.04. The van der Waals surface area contributed by atoms with E-state index in [1.54, 1.807) is 6.33 Å². The number of hydrogen-bond donors (Lipinski definition) is 1. The molecule has 1 N–H and O–H groups in total. The maximum Gasteiger partial charge on any atom is 0.138 e. The van der Waals surface area contributed by atoms with E-state index in [4.69, 9.17) is 0 Å². The van der Waals surface area contributed by atoms with Crippen LogP contribution < -0.4 is 5.32 Å². The lowest BCUT2D eigenvalue weighted by atomic mass is 9.95. The van der Waals surface area contributed by atoms with Gasteiger partial charge in [-0.25, -0.2) is 4.98 Å². The van der Waals surface area contributed by atoms with E-state index in [0.717, 1.165) is 48.4 Å². The third kappa shape index (κ3) is 1.92. The summed E-state index contributed by atoms with van der Waals surface area (Å²) in [5.41, 5.74) is 0. The lowest BCUT2D eigenvalue weighted by Gasteiger charge is -2.21. The minimum absolute atomic E-state index is 0.622. The summed E-state index contributed by atoms with van der Waals surface area (Å²) in [7, 11) is 2.01. The SMILES string of the molecule is CCCNC(Cc1ncnn1C)C1C2C3CCC(C3)C21. The van der Waals surface area contributed by atoms with Gasteiger partial charge in [0.05, 0.1) is 0 Å². The number of aromatic nitrogens is 3. The topological polar surface area (TPSA) is 42.7 Å². The zero-order valence-corrected chi connectivity index (χ0v) is 12.6. The fourth-order valence-corrected chi connectivity index (χ4v) is 5.31. The minimum Gasteiger partial charge on any atom is -0.313 e. The van der Waals surface area contributed by atoms with Gasteiger partial charge in [0.25, 0.3) is 0 Å². The standard InChI is InChI=1S/C16H26N4/c1-3-6-17-12(8-13-18-9-19-20(13)2)16-14-10-4-5-11(7-10)15(14)16/h9-12,14-17H,3-8H2,1-2H3. The molecular weight excluding hydrogens is 248 g/mol. The predicted octanol–water partition coefficient (Wildman–Crippen LogP) is 2.02. The van der Waals surface area contributed by atoms with E-state index in [2.05, 4.69) is 22.3 Å². The molecule has 0 saturated heterocycles. The van der Waals surface area contributed by atoms with Gasteiger partial charge in [-0.15, -0.1) is 0 Å². The van der Waals surface area contributed by atoms with E-state index in [1.807, 2.05) is 11.7 Å². The largest absolute Gasteiger partial charge is 0.313 e. The van der Waals surface area contributed by atoms with Crippen molar-refractivity contribution in [3.05, 3.63) is 12.2 Å². The highest BCUT2D eigenvalue weighted by Gasteiger charge is 2.66. The molecule has 110 valence electrons. The van der Waals surface area contributed by atoms with Crippen molar-refractivity contribution < 1.29 is 0 Å². The van der Waals surface area contributed by atoms with Gasteiger partial charge in [0.2, 0.25) is 0 Å². The zero-order valence-electron chi connectivity index (χ0n) is 12.6. The molecule has 3 saturated carbocycles. The smallest absolute Gasteiger partial charge is 0.138 e. The van der Waals surface area contributed by atoms with Gasteiger partial charge in [-0.05, 0) is 61.8 Å². The average Bonchev–Trinajstić information content (AvgIpc) is 2.79. The van der Waals surface area contributed by atoms with E-state index in [9.17, 15) is 0 Å². The molecule has 0 aromatic carbocycles. The molecule has 3 aliphatic carbocycles. The van der Waals surface area contributed by atoms with Crippen molar-refractivity contribution in [2.75, 3.05) is 6.54 Å². The van der Waals surface area contributed by atoms with Gasteiger partial charge in [-0.1, -0.05) is 6.92 Å². The molecule has 1 aromatic rings. The molecule has 1 heterocycles. The lowest BCUT2D eigenvalue weighted by molar-refractivity contribution is 0.355. The highest BCUT2D eigenvalue weighted by atomic mass is 15.3. The van der Waals surface area contributed by atoms with Crippen molar-refractivity contribution in [2.45, 2.75) is 45.1 Å². The van der Waals surface area contributed by atoms with Crippen LogP contribution in [0.1, 0.15) is 38.4 Å². The first-order valence-corrected chi connectivity index (χ1v) is 8.35. The van der Waals surface area contributed by atoms with Crippen LogP contribution in [-0.2, 0) is 13.5 Å². The van der Waals surface area contributed by atoms with Crippen molar-refractivity contribution in [1.82, 2.24) is 20.1 Å². The van der Waals surface area contributed by atoms with Gasteiger partial charge >= 0.3 is 0 Å². The van der Waals surface area contributed by atoms with Crippen molar-refractivity contribution in [3.8, 4) is 0 Å². The first kappa shape index (κ1) is 12.8. The number of fused-ring (bicyclic) bond motifs is 5. The molecule has 4 rings (SSSR count). The van der Waals surface area contributed by atoms with Crippen molar-refractivity contribution >= 4 is 0 Å². The Morgan fingerprint density at radius 1 is 1.35 bits per heavy atom. The Kier molecular flexibility index (Phi) is 3.09. The summed E-state index contributed by atoms with van der Waals surface area (Å²) in [6, 6.07) is 0.622. The summed E-state index contributed by atoms with van der Waals surface area (Å²) < 4.78 is 1.94. The third-order valence-electron chi connectivity index (χ3n) is 6.12. The molecule has 4 heteroatoms. The fraction of sp³-hybridized carbons (Fsp3) is 0.875. The summed E-state index contributed by atoms with van der Waals surface area (Å²) in [6.07, 6.45) is 8.50. The van der Waals surface area contributed by atoms with Crippen LogP contribution in [0.25, 0.3) is 0 Å². The molecule has 0 spiro atoms. The summed E-state index contributed by atoms with van der Waals surface area (Å²) in [4.78, 5) is 4.43. The Labute approximate surface area is 121 Å². The summed E-state index contributed by atoms with van der Waals surface area (Å²) in [6.45, 7) is 3.39. The second kappa shape index (κ2) is 4.83. The Hall–Kier alpha value is -0.900. The third-order valence-corrected chi connectivity index (χ3v) is 6.12. The Morgan fingerprint density at radius 2 is 2.10 bits per heavy atom.